The zero-order chi connectivity index (χ0) is 7.07. The molecule has 1 aliphatic carbocycles. The van der Waals surface area contributed by atoms with Gasteiger partial charge in [0.05, 0.1) is 0 Å². The average molecular weight is 167 g/mol. The van der Waals surface area contributed by atoms with Crippen LogP contribution < -0.4 is 0 Å². The molecule has 0 aromatic rings. The fourth-order valence-electron chi connectivity index (χ4n) is 1.19. The molecule has 0 radical (unpaired) electrons. The van der Waals surface area contributed by atoms with Crippen LogP contribution in [0.4, 0.5) is 0 Å². The van der Waals surface area contributed by atoms with Crippen molar-refractivity contribution in [2.75, 3.05) is 0 Å². The van der Waals surface area contributed by atoms with Crippen LogP contribution in [-0.4, -0.2) is 4.84 Å². The van der Waals surface area contributed by atoms with E-state index in [1.807, 2.05) is 0 Å². The van der Waals surface area contributed by atoms with Gasteiger partial charge in [0, 0.05) is 0 Å². The molecule has 2 heteroatoms. The molecule has 0 aromatic heterocycles. The van der Waals surface area contributed by atoms with Gasteiger partial charge in [0.15, 0.2) is 0 Å². The van der Waals surface area contributed by atoms with E-state index in [1.54, 1.807) is 0 Å². The molecule has 0 saturated heterocycles. The lowest BCUT2D eigenvalue weighted by molar-refractivity contribution is 0.544. The molecule has 0 aliphatic heterocycles. The van der Waals surface area contributed by atoms with Gasteiger partial charge in [0.1, 0.15) is 4.84 Å². The Morgan fingerprint density at radius 1 is 1.56 bits per heavy atom. The van der Waals surface area contributed by atoms with E-state index in [1.165, 1.54) is 6.42 Å². The Bertz CT molecular complexity index is 107. The second-order valence-electron chi connectivity index (χ2n) is 3.52. The Labute approximate surface area is 66.5 Å². The van der Waals surface area contributed by atoms with Gasteiger partial charge in [0.2, 0.25) is 0 Å². The third kappa shape index (κ3) is 2.01. The van der Waals surface area contributed by atoms with Crippen LogP contribution in [0.5, 0.6) is 0 Å². The van der Waals surface area contributed by atoms with E-state index in [0.717, 1.165) is 12.3 Å². The number of hydrogen-bond donors (Lipinski definition) is 0. The summed E-state index contributed by atoms with van der Waals surface area (Å²) in [7, 11) is 0. The summed E-state index contributed by atoms with van der Waals surface area (Å²) in [5.74, 6) is 0.775. The van der Waals surface area contributed by atoms with E-state index in [-0.39, 0.29) is 4.84 Å². The topological polar surface area (TPSA) is 0 Å². The van der Waals surface area contributed by atoms with Crippen LogP contribution in [0, 0.1) is 11.3 Å². The minimum absolute atomic E-state index is 0.156. The highest BCUT2D eigenvalue weighted by Gasteiger charge is 2.45. The molecule has 1 saturated carbocycles. The van der Waals surface area contributed by atoms with Gasteiger partial charge in [0.25, 0.3) is 0 Å². The molecule has 0 spiro atoms. The zero-order valence-electron chi connectivity index (χ0n) is 5.82. The van der Waals surface area contributed by atoms with Crippen molar-refractivity contribution in [3.8, 4) is 0 Å². The van der Waals surface area contributed by atoms with Crippen LogP contribution in [0.1, 0.15) is 26.7 Å². The lowest BCUT2D eigenvalue weighted by Gasteiger charge is -2.01. The minimum Gasteiger partial charge on any atom is -0.105 e. The summed E-state index contributed by atoms with van der Waals surface area (Å²) in [6.07, 6.45) is 2.26. The van der Waals surface area contributed by atoms with Crippen molar-refractivity contribution in [1.29, 1.82) is 0 Å². The predicted molar refractivity (Wildman–Crippen MR) is 42.0 cm³/mol. The Balaban J connectivity index is 2.20. The van der Waals surface area contributed by atoms with Crippen LogP contribution >= 0.6 is 23.2 Å². The summed E-state index contributed by atoms with van der Waals surface area (Å²) in [4.78, 5) is -0.156. The minimum atomic E-state index is -0.156. The van der Waals surface area contributed by atoms with Crippen molar-refractivity contribution in [2.24, 2.45) is 11.3 Å². The highest BCUT2D eigenvalue weighted by Crippen LogP contribution is 2.54. The first-order valence-electron chi connectivity index (χ1n) is 3.30. The van der Waals surface area contributed by atoms with Crippen molar-refractivity contribution < 1.29 is 0 Å². The smallest absolute Gasteiger partial charge is 0.105 e. The molecular formula is C7H12Cl2. The molecule has 9 heavy (non-hydrogen) atoms. The van der Waals surface area contributed by atoms with E-state index < -0.39 is 0 Å². The maximum absolute atomic E-state index is 5.61. The van der Waals surface area contributed by atoms with Crippen molar-refractivity contribution >= 4 is 23.2 Å². The van der Waals surface area contributed by atoms with Crippen LogP contribution in [0.15, 0.2) is 0 Å². The van der Waals surface area contributed by atoms with Crippen molar-refractivity contribution in [1.82, 2.24) is 0 Å². The Morgan fingerprint density at radius 3 is 2.11 bits per heavy atom. The molecule has 0 N–H and O–H groups in total. The van der Waals surface area contributed by atoms with Gasteiger partial charge in [-0.05, 0) is 24.2 Å². The molecule has 0 amide bonds. The summed E-state index contributed by atoms with van der Waals surface area (Å²) in [6.45, 7) is 4.52. The van der Waals surface area contributed by atoms with E-state index in [9.17, 15) is 0 Å². The summed E-state index contributed by atoms with van der Waals surface area (Å²) < 4.78 is 0. The second-order valence-corrected chi connectivity index (χ2v) is 4.79. The lowest BCUT2D eigenvalue weighted by Crippen LogP contribution is -1.94. The third-order valence-electron chi connectivity index (χ3n) is 2.18. The predicted octanol–water partition coefficient (Wildman–Crippen LogP) is 3.23. The van der Waals surface area contributed by atoms with E-state index in [0.29, 0.717) is 5.41 Å². The van der Waals surface area contributed by atoms with Crippen LogP contribution in [0.2, 0.25) is 0 Å². The molecular weight excluding hydrogens is 155 g/mol. The van der Waals surface area contributed by atoms with Crippen LogP contribution in [0.25, 0.3) is 0 Å². The number of halogens is 2. The summed E-state index contributed by atoms with van der Waals surface area (Å²) >= 11 is 11.2. The first-order valence-corrected chi connectivity index (χ1v) is 4.18. The number of hydrogen-bond acceptors (Lipinski definition) is 0. The van der Waals surface area contributed by atoms with Crippen LogP contribution in [0.3, 0.4) is 0 Å². The first kappa shape index (κ1) is 7.68. The average Bonchev–Trinajstić information content (AvgIpc) is 2.10. The highest BCUT2D eigenvalue weighted by atomic mass is 35.5. The molecule has 0 aromatic carbocycles. The van der Waals surface area contributed by atoms with E-state index in [2.05, 4.69) is 13.8 Å². The van der Waals surface area contributed by atoms with Crippen molar-refractivity contribution in [3.63, 3.8) is 0 Å². The maximum Gasteiger partial charge on any atom is 0.108 e. The highest BCUT2D eigenvalue weighted by molar-refractivity contribution is 6.44. The van der Waals surface area contributed by atoms with Gasteiger partial charge in [-0.25, -0.2) is 0 Å². The number of alkyl halides is 2. The molecule has 1 atom stereocenters. The van der Waals surface area contributed by atoms with E-state index >= 15 is 0 Å². The molecule has 0 heterocycles. The van der Waals surface area contributed by atoms with Gasteiger partial charge >= 0.3 is 0 Å². The summed E-state index contributed by atoms with van der Waals surface area (Å²) in [5, 5.41) is 0. The molecule has 0 nitrogen and oxygen atoms in total. The first-order chi connectivity index (χ1) is 4.02. The summed E-state index contributed by atoms with van der Waals surface area (Å²) in [6, 6.07) is 0. The fourth-order valence-corrected chi connectivity index (χ4v) is 1.62. The monoisotopic (exact) mass is 166 g/mol. The SMILES string of the molecule is CC1(C)CC1CC(Cl)Cl. The Morgan fingerprint density at radius 2 is 2.00 bits per heavy atom. The molecule has 1 unspecified atom stereocenters. The van der Waals surface area contributed by atoms with E-state index in [4.69, 9.17) is 23.2 Å². The largest absolute Gasteiger partial charge is 0.108 e. The van der Waals surface area contributed by atoms with Crippen LogP contribution in [-0.2, 0) is 0 Å². The zero-order valence-corrected chi connectivity index (χ0v) is 7.34. The lowest BCUT2D eigenvalue weighted by atomic mass is 10.1. The Kier molecular flexibility index (Phi) is 1.98. The van der Waals surface area contributed by atoms with Crippen molar-refractivity contribution in [2.45, 2.75) is 31.5 Å². The molecule has 0 bridgehead atoms. The van der Waals surface area contributed by atoms with Gasteiger partial charge < -0.3 is 0 Å². The molecule has 1 aliphatic rings. The number of rotatable bonds is 2. The van der Waals surface area contributed by atoms with Crippen molar-refractivity contribution in [3.05, 3.63) is 0 Å². The maximum atomic E-state index is 5.61. The molecule has 1 rings (SSSR count). The third-order valence-corrected chi connectivity index (χ3v) is 2.54. The van der Waals surface area contributed by atoms with Gasteiger partial charge in [-0.2, -0.15) is 0 Å². The van der Waals surface area contributed by atoms with Gasteiger partial charge in [-0.1, -0.05) is 13.8 Å². The molecule has 54 valence electrons. The summed E-state index contributed by atoms with van der Waals surface area (Å²) in [5.41, 5.74) is 0.530. The molecule has 1 fully saturated rings. The normalized spacial score (nSPS) is 31.0. The Hall–Kier alpha value is 0.580. The second kappa shape index (κ2) is 2.32. The van der Waals surface area contributed by atoms with Gasteiger partial charge in [-0.15, -0.1) is 23.2 Å². The fraction of sp³-hybridized carbons (Fsp3) is 1.00. The van der Waals surface area contributed by atoms with Gasteiger partial charge in [-0.3, -0.25) is 0 Å². The standard InChI is InChI=1S/C7H12Cl2/c1-7(2)4-5(7)3-6(8)9/h5-6H,3-4H2,1-2H3. The quantitative estimate of drug-likeness (QED) is 0.554.